The van der Waals surface area contributed by atoms with Gasteiger partial charge in [-0.3, -0.25) is 9.59 Å². The fourth-order valence-electron chi connectivity index (χ4n) is 2.76. The van der Waals surface area contributed by atoms with E-state index in [-0.39, 0.29) is 17.9 Å². The fraction of sp³-hybridized carbons (Fsp3) is 0.529. The molecular weight excluding hydrogens is 264 g/mol. The van der Waals surface area contributed by atoms with Gasteiger partial charge in [0.05, 0.1) is 0 Å². The fourth-order valence-corrected chi connectivity index (χ4v) is 2.76. The highest BCUT2D eigenvalue weighted by Gasteiger charge is 2.48. The lowest BCUT2D eigenvalue weighted by Crippen LogP contribution is -2.67. The van der Waals surface area contributed by atoms with E-state index >= 15 is 0 Å². The first kappa shape index (κ1) is 15.5. The summed E-state index contributed by atoms with van der Waals surface area (Å²) in [5.41, 5.74) is 0.0630. The highest BCUT2D eigenvalue weighted by atomic mass is 16.2. The molecule has 2 rings (SSSR count). The van der Waals surface area contributed by atoms with E-state index in [9.17, 15) is 9.59 Å². The van der Waals surface area contributed by atoms with Crippen LogP contribution in [0.3, 0.4) is 0 Å². The number of carbonyl (C=O) groups excluding carboxylic acids is 2. The summed E-state index contributed by atoms with van der Waals surface area (Å²) < 4.78 is 0. The summed E-state index contributed by atoms with van der Waals surface area (Å²) in [6.45, 7) is 7.78. The molecule has 0 aromatic heterocycles. The van der Waals surface area contributed by atoms with E-state index < -0.39 is 11.6 Å². The second-order valence-electron chi connectivity index (χ2n) is 5.96. The lowest BCUT2D eigenvalue weighted by Gasteiger charge is -2.46. The number of rotatable bonds is 4. The molecule has 0 radical (unpaired) electrons. The van der Waals surface area contributed by atoms with Crippen molar-refractivity contribution in [3.63, 3.8) is 0 Å². The third kappa shape index (κ3) is 2.67. The molecule has 1 heterocycles. The lowest BCUT2D eigenvalue weighted by molar-refractivity contribution is -0.157. The molecule has 2 amide bonds. The van der Waals surface area contributed by atoms with Crippen LogP contribution in [0.25, 0.3) is 0 Å². The molecule has 1 fully saturated rings. The molecule has 3 unspecified atom stereocenters. The van der Waals surface area contributed by atoms with Crippen molar-refractivity contribution in [2.45, 2.75) is 58.2 Å². The van der Waals surface area contributed by atoms with Crippen LogP contribution in [0, 0.1) is 0 Å². The first-order valence-corrected chi connectivity index (χ1v) is 7.64. The lowest BCUT2D eigenvalue weighted by atomic mass is 9.88. The molecule has 1 N–H and O–H groups in total. The zero-order valence-corrected chi connectivity index (χ0v) is 13.2. The molecule has 4 nitrogen and oxygen atoms in total. The number of nitrogens with zero attached hydrogens (tertiary/aromatic N) is 1. The maximum atomic E-state index is 12.9. The second-order valence-corrected chi connectivity index (χ2v) is 5.96. The van der Waals surface area contributed by atoms with E-state index in [1.807, 2.05) is 58.0 Å². The zero-order valence-electron chi connectivity index (χ0n) is 13.2. The summed E-state index contributed by atoms with van der Waals surface area (Å²) in [5, 5.41) is 2.92. The summed E-state index contributed by atoms with van der Waals surface area (Å²) in [6.07, 6.45) is 1.41. The van der Waals surface area contributed by atoms with E-state index in [1.54, 1.807) is 4.90 Å². The summed E-state index contributed by atoms with van der Waals surface area (Å²) in [6, 6.07) is 9.01. The molecule has 3 atom stereocenters. The topological polar surface area (TPSA) is 49.4 Å². The van der Waals surface area contributed by atoms with E-state index in [0.717, 1.165) is 12.0 Å². The van der Waals surface area contributed by atoms with Crippen molar-refractivity contribution < 1.29 is 9.59 Å². The summed E-state index contributed by atoms with van der Waals surface area (Å²) >= 11 is 0. The van der Waals surface area contributed by atoms with Gasteiger partial charge >= 0.3 is 0 Å². The first-order valence-electron chi connectivity index (χ1n) is 7.64. The summed E-state index contributed by atoms with van der Waals surface area (Å²) in [7, 11) is 0. The Kier molecular flexibility index (Phi) is 4.35. The monoisotopic (exact) mass is 288 g/mol. The largest absolute Gasteiger partial charge is 0.340 e. The Morgan fingerprint density at radius 1 is 1.24 bits per heavy atom. The van der Waals surface area contributed by atoms with E-state index in [4.69, 9.17) is 0 Å². The first-order chi connectivity index (χ1) is 9.94. The molecule has 1 saturated heterocycles. The SMILES string of the molecule is CCC(C)N1C(=O)C(C)(CC)NC(=O)C1c1ccccc1. The van der Waals surface area contributed by atoms with Crippen LogP contribution in [0.5, 0.6) is 0 Å². The van der Waals surface area contributed by atoms with Crippen molar-refractivity contribution in [3.8, 4) is 0 Å². The summed E-state index contributed by atoms with van der Waals surface area (Å²) in [5.74, 6) is -0.0850. The maximum absolute atomic E-state index is 12.9. The zero-order chi connectivity index (χ0) is 15.6. The molecule has 1 aliphatic heterocycles. The van der Waals surface area contributed by atoms with Gasteiger partial charge in [-0.25, -0.2) is 0 Å². The van der Waals surface area contributed by atoms with Gasteiger partial charge in [0.15, 0.2) is 0 Å². The molecule has 0 aliphatic carbocycles. The van der Waals surface area contributed by atoms with E-state index in [1.165, 1.54) is 0 Å². The number of piperazine rings is 1. The third-order valence-electron chi connectivity index (χ3n) is 4.52. The van der Waals surface area contributed by atoms with Crippen LogP contribution in [0.4, 0.5) is 0 Å². The Balaban J connectivity index is 2.48. The van der Waals surface area contributed by atoms with Gasteiger partial charge < -0.3 is 10.2 Å². The number of amides is 2. The Hall–Kier alpha value is -1.84. The van der Waals surface area contributed by atoms with Gasteiger partial charge in [0.25, 0.3) is 0 Å². The Morgan fingerprint density at radius 3 is 2.38 bits per heavy atom. The number of nitrogens with one attached hydrogen (secondary N) is 1. The smallest absolute Gasteiger partial charge is 0.249 e. The molecule has 1 aromatic rings. The van der Waals surface area contributed by atoms with Crippen molar-refractivity contribution in [2.75, 3.05) is 0 Å². The van der Waals surface area contributed by atoms with Crippen molar-refractivity contribution in [3.05, 3.63) is 35.9 Å². The molecule has 0 saturated carbocycles. The predicted molar refractivity (Wildman–Crippen MR) is 82.6 cm³/mol. The molecule has 114 valence electrons. The quantitative estimate of drug-likeness (QED) is 0.926. The number of carbonyl (C=O) groups is 2. The molecule has 4 heteroatoms. The molecule has 1 aliphatic rings. The number of hydrogen-bond acceptors (Lipinski definition) is 2. The molecular formula is C17H24N2O2. The predicted octanol–water partition coefficient (Wildman–Crippen LogP) is 2.65. The average Bonchev–Trinajstić information content (AvgIpc) is 2.50. The normalized spacial score (nSPS) is 27.4. The van der Waals surface area contributed by atoms with Gasteiger partial charge in [0.1, 0.15) is 11.6 Å². The van der Waals surface area contributed by atoms with Crippen LogP contribution in [0.15, 0.2) is 30.3 Å². The number of benzene rings is 1. The Labute approximate surface area is 126 Å². The Morgan fingerprint density at radius 2 is 1.86 bits per heavy atom. The molecule has 21 heavy (non-hydrogen) atoms. The van der Waals surface area contributed by atoms with Crippen LogP contribution < -0.4 is 5.32 Å². The third-order valence-corrected chi connectivity index (χ3v) is 4.52. The van der Waals surface area contributed by atoms with Crippen molar-refractivity contribution >= 4 is 11.8 Å². The molecule has 1 aromatic carbocycles. The van der Waals surface area contributed by atoms with Crippen molar-refractivity contribution in [2.24, 2.45) is 0 Å². The van der Waals surface area contributed by atoms with Gasteiger partial charge in [-0.1, -0.05) is 44.2 Å². The average molecular weight is 288 g/mol. The highest BCUT2D eigenvalue weighted by molar-refractivity contribution is 6.00. The maximum Gasteiger partial charge on any atom is 0.249 e. The minimum atomic E-state index is -0.800. The van der Waals surface area contributed by atoms with E-state index in [2.05, 4.69) is 5.32 Å². The number of hydrogen-bond donors (Lipinski definition) is 1. The van der Waals surface area contributed by atoms with Crippen molar-refractivity contribution in [1.82, 2.24) is 10.2 Å². The van der Waals surface area contributed by atoms with Gasteiger partial charge in [-0.05, 0) is 32.3 Å². The van der Waals surface area contributed by atoms with Gasteiger partial charge in [-0.15, -0.1) is 0 Å². The van der Waals surface area contributed by atoms with Gasteiger partial charge in [-0.2, -0.15) is 0 Å². The van der Waals surface area contributed by atoms with E-state index in [0.29, 0.717) is 6.42 Å². The molecule has 0 spiro atoms. The minimum absolute atomic E-state index is 0.00723. The van der Waals surface area contributed by atoms with Crippen molar-refractivity contribution in [1.29, 1.82) is 0 Å². The molecule has 0 bridgehead atoms. The van der Waals surface area contributed by atoms with Crippen LogP contribution in [0.2, 0.25) is 0 Å². The minimum Gasteiger partial charge on any atom is -0.340 e. The van der Waals surface area contributed by atoms with Crippen LogP contribution >= 0.6 is 0 Å². The highest BCUT2D eigenvalue weighted by Crippen LogP contribution is 2.32. The van der Waals surface area contributed by atoms with Gasteiger partial charge in [0.2, 0.25) is 11.8 Å². The second kappa shape index (κ2) is 5.88. The van der Waals surface area contributed by atoms with Gasteiger partial charge in [0, 0.05) is 6.04 Å². The van der Waals surface area contributed by atoms with Crippen LogP contribution in [-0.2, 0) is 9.59 Å². The van der Waals surface area contributed by atoms with Crippen LogP contribution in [-0.4, -0.2) is 28.3 Å². The summed E-state index contributed by atoms with van der Waals surface area (Å²) in [4.78, 5) is 27.3. The standard InChI is InChI=1S/C17H24N2O2/c1-5-12(3)19-14(13-10-8-7-9-11-13)15(20)18-17(4,6-2)16(19)21/h7-12,14H,5-6H2,1-4H3,(H,18,20). The Bertz CT molecular complexity index is 529. The van der Waals surface area contributed by atoms with Crippen LogP contribution in [0.1, 0.15) is 52.1 Å².